The number of ether oxygens (including phenoxy) is 1. The second-order valence-corrected chi connectivity index (χ2v) is 4.80. The Bertz CT molecular complexity index is 737. The van der Waals surface area contributed by atoms with Crippen LogP contribution >= 0.6 is 0 Å². The number of aliphatic carboxylic acids is 1. The maximum Gasteiger partial charge on any atom is 0.348 e. The third kappa shape index (κ3) is 2.20. The Hall–Kier alpha value is -2.58. The number of hydrogen-bond donors (Lipinski definition) is 1. The quantitative estimate of drug-likeness (QED) is 0.548. The molecule has 1 atom stereocenters. The predicted octanol–water partition coefficient (Wildman–Crippen LogP) is -1.26. The lowest BCUT2D eigenvalue weighted by atomic mass is 10.0. The lowest BCUT2D eigenvalue weighted by Gasteiger charge is -2.28. The highest BCUT2D eigenvalue weighted by molar-refractivity contribution is 5.80. The van der Waals surface area contributed by atoms with Crippen LogP contribution in [0.25, 0.3) is 0 Å². The van der Waals surface area contributed by atoms with Gasteiger partial charge in [-0.2, -0.15) is 0 Å². The van der Waals surface area contributed by atoms with Gasteiger partial charge in [-0.1, -0.05) is 6.08 Å². The summed E-state index contributed by atoms with van der Waals surface area (Å²) in [7, 11) is 1.19. The minimum atomic E-state index is -1.43. The first kappa shape index (κ1) is 14.8. The summed E-state index contributed by atoms with van der Waals surface area (Å²) in [4.78, 5) is 47.1. The number of carbonyl (C=O) groups excluding carboxylic acids is 1. The van der Waals surface area contributed by atoms with Gasteiger partial charge < -0.3 is 9.84 Å². The number of methoxy groups -OCH3 is 1. The molecular formula is C12H15N3O6. The summed E-state index contributed by atoms with van der Waals surface area (Å²) < 4.78 is 7.59. The number of fused-ring (bicyclic) bond motifs is 1. The molecule has 9 heteroatoms. The number of carboxylic acid groups (broad SMARTS) is 1. The summed E-state index contributed by atoms with van der Waals surface area (Å²) >= 11 is 0. The summed E-state index contributed by atoms with van der Waals surface area (Å²) in [5.74, 6) is -1.81. The number of allylic oxidation sites excluding steroid dienone is 1. The minimum Gasteiger partial charge on any atom is -0.481 e. The Morgan fingerprint density at radius 2 is 2.05 bits per heavy atom. The molecule has 1 aromatic rings. The average Bonchev–Trinajstić information content (AvgIpc) is 2.69. The highest BCUT2D eigenvalue weighted by Gasteiger charge is 2.40. The zero-order valence-electron chi connectivity index (χ0n) is 11.6. The van der Waals surface area contributed by atoms with Crippen LogP contribution in [0.3, 0.4) is 0 Å². The van der Waals surface area contributed by atoms with Crippen LogP contribution in [-0.2, 0) is 33.0 Å². The van der Waals surface area contributed by atoms with E-state index in [9.17, 15) is 19.2 Å². The number of carboxylic acids is 1. The van der Waals surface area contributed by atoms with Crippen molar-refractivity contribution in [2.75, 3.05) is 7.11 Å². The van der Waals surface area contributed by atoms with E-state index >= 15 is 0 Å². The molecule has 0 aromatic carbocycles. The van der Waals surface area contributed by atoms with Crippen molar-refractivity contribution in [3.05, 3.63) is 33.1 Å². The van der Waals surface area contributed by atoms with E-state index < -0.39 is 28.9 Å². The van der Waals surface area contributed by atoms with E-state index in [1.807, 2.05) is 0 Å². The molecule has 114 valence electrons. The molecule has 0 bridgehead atoms. The van der Waals surface area contributed by atoms with Crippen LogP contribution in [0, 0.1) is 0 Å². The van der Waals surface area contributed by atoms with Gasteiger partial charge in [0.1, 0.15) is 0 Å². The molecule has 21 heavy (non-hydrogen) atoms. The summed E-state index contributed by atoms with van der Waals surface area (Å²) in [5, 5.41) is 8.67. The summed E-state index contributed by atoms with van der Waals surface area (Å²) in [6.07, 6.45) is 2.71. The van der Waals surface area contributed by atoms with Gasteiger partial charge in [-0.3, -0.25) is 4.79 Å². The number of nitrogens with zero attached hydrogens (tertiary/aromatic N) is 3. The standard InChI is InChI=1S/C12H15N3O6/c1-12(9(18)21-2)5-3-6-14-10(19)13(7-4-8(16)17)11(20)15(12)14/h3,5H,4,6-7H2,1-2H3,(H,16,17). The molecule has 0 saturated carbocycles. The van der Waals surface area contributed by atoms with E-state index in [1.54, 1.807) is 6.08 Å². The van der Waals surface area contributed by atoms with Crippen LogP contribution < -0.4 is 11.4 Å². The number of rotatable bonds is 4. The molecule has 0 saturated heterocycles. The lowest BCUT2D eigenvalue weighted by molar-refractivity contribution is -0.149. The number of carbonyl (C=O) groups is 2. The highest BCUT2D eigenvalue weighted by atomic mass is 16.5. The van der Waals surface area contributed by atoms with E-state index in [0.717, 1.165) is 13.9 Å². The van der Waals surface area contributed by atoms with Crippen molar-refractivity contribution in [2.24, 2.45) is 0 Å². The van der Waals surface area contributed by atoms with Crippen LogP contribution in [0.2, 0.25) is 0 Å². The lowest BCUT2D eigenvalue weighted by Crippen LogP contribution is -2.49. The van der Waals surface area contributed by atoms with Gasteiger partial charge >= 0.3 is 23.3 Å². The first-order valence-electron chi connectivity index (χ1n) is 6.24. The SMILES string of the molecule is COC(=O)C1(C)C=CCn2c(=O)n(CCC(=O)O)c(=O)n21. The molecule has 1 N–H and O–H groups in total. The monoisotopic (exact) mass is 297 g/mol. The molecule has 0 radical (unpaired) electrons. The van der Waals surface area contributed by atoms with Gasteiger partial charge in [0.15, 0.2) is 5.54 Å². The van der Waals surface area contributed by atoms with Crippen molar-refractivity contribution in [1.82, 2.24) is 13.9 Å². The van der Waals surface area contributed by atoms with Crippen LogP contribution in [0.4, 0.5) is 0 Å². The van der Waals surface area contributed by atoms with E-state index in [1.165, 1.54) is 20.1 Å². The van der Waals surface area contributed by atoms with Crippen molar-refractivity contribution < 1.29 is 19.4 Å². The van der Waals surface area contributed by atoms with Gasteiger partial charge in [0, 0.05) is 6.54 Å². The van der Waals surface area contributed by atoms with Crippen LogP contribution in [0.15, 0.2) is 21.7 Å². The summed E-state index contributed by atoms with van der Waals surface area (Å²) in [6, 6.07) is 0. The molecule has 1 aliphatic rings. The molecule has 1 aromatic heterocycles. The Labute approximate surface area is 118 Å². The summed E-state index contributed by atoms with van der Waals surface area (Å²) in [5.41, 5.74) is -2.82. The van der Waals surface area contributed by atoms with E-state index in [4.69, 9.17) is 5.11 Å². The first-order valence-corrected chi connectivity index (χ1v) is 6.24. The van der Waals surface area contributed by atoms with Gasteiger partial charge in [0.05, 0.1) is 20.1 Å². The topological polar surface area (TPSA) is 113 Å². The maximum absolute atomic E-state index is 12.4. The Morgan fingerprint density at radius 3 is 2.62 bits per heavy atom. The van der Waals surface area contributed by atoms with E-state index in [0.29, 0.717) is 0 Å². The molecule has 1 aliphatic heterocycles. The van der Waals surface area contributed by atoms with Crippen molar-refractivity contribution in [2.45, 2.75) is 32.0 Å². The van der Waals surface area contributed by atoms with Crippen molar-refractivity contribution in [3.8, 4) is 0 Å². The van der Waals surface area contributed by atoms with Gasteiger partial charge in [-0.25, -0.2) is 28.3 Å². The molecule has 0 spiro atoms. The second kappa shape index (κ2) is 5.08. The minimum absolute atomic E-state index is 0.126. The van der Waals surface area contributed by atoms with Gasteiger partial charge in [0.25, 0.3) is 0 Å². The zero-order valence-corrected chi connectivity index (χ0v) is 11.6. The van der Waals surface area contributed by atoms with Crippen LogP contribution in [0.5, 0.6) is 0 Å². The zero-order chi connectivity index (χ0) is 15.8. The van der Waals surface area contributed by atoms with Gasteiger partial charge in [-0.05, 0) is 13.0 Å². The Morgan fingerprint density at radius 1 is 1.38 bits per heavy atom. The van der Waals surface area contributed by atoms with E-state index in [-0.39, 0.29) is 19.5 Å². The Kier molecular flexibility index (Phi) is 3.58. The first-order chi connectivity index (χ1) is 9.82. The predicted molar refractivity (Wildman–Crippen MR) is 70.0 cm³/mol. The summed E-state index contributed by atoms with van der Waals surface area (Å²) in [6.45, 7) is 1.32. The van der Waals surface area contributed by atoms with E-state index in [2.05, 4.69) is 4.74 Å². The molecule has 0 fully saturated rings. The third-order valence-corrected chi connectivity index (χ3v) is 3.41. The fraction of sp³-hybridized carbons (Fsp3) is 0.500. The van der Waals surface area contributed by atoms with Gasteiger partial charge in [0.2, 0.25) is 0 Å². The molecule has 1 unspecified atom stereocenters. The largest absolute Gasteiger partial charge is 0.481 e. The normalized spacial score (nSPS) is 20.1. The van der Waals surface area contributed by atoms with Crippen LogP contribution in [0.1, 0.15) is 13.3 Å². The number of esters is 1. The molecular weight excluding hydrogens is 282 g/mol. The van der Waals surface area contributed by atoms with Crippen molar-refractivity contribution in [1.29, 1.82) is 0 Å². The molecule has 2 rings (SSSR count). The molecule has 9 nitrogen and oxygen atoms in total. The fourth-order valence-electron chi connectivity index (χ4n) is 2.35. The fourth-order valence-corrected chi connectivity index (χ4v) is 2.35. The maximum atomic E-state index is 12.4. The second-order valence-electron chi connectivity index (χ2n) is 4.80. The Balaban J connectivity index is 2.60. The molecule has 0 aliphatic carbocycles. The smallest absolute Gasteiger partial charge is 0.348 e. The number of aromatic nitrogens is 3. The third-order valence-electron chi connectivity index (χ3n) is 3.41. The van der Waals surface area contributed by atoms with Crippen LogP contribution in [-0.4, -0.2) is 38.1 Å². The van der Waals surface area contributed by atoms with Crippen molar-refractivity contribution in [3.63, 3.8) is 0 Å². The van der Waals surface area contributed by atoms with Gasteiger partial charge in [-0.15, -0.1) is 0 Å². The molecule has 0 amide bonds. The number of hydrogen-bond acceptors (Lipinski definition) is 5. The average molecular weight is 297 g/mol. The molecule has 2 heterocycles. The van der Waals surface area contributed by atoms with Crippen molar-refractivity contribution >= 4 is 11.9 Å². The highest BCUT2D eigenvalue weighted by Crippen LogP contribution is 2.20.